The van der Waals surface area contributed by atoms with Gasteiger partial charge in [-0.25, -0.2) is 23.2 Å². The molecule has 1 aromatic heterocycles. The van der Waals surface area contributed by atoms with E-state index < -0.39 is 32.8 Å². The van der Waals surface area contributed by atoms with E-state index in [1.807, 2.05) is 0 Å². The highest BCUT2D eigenvalue weighted by molar-refractivity contribution is 7.90. The normalized spacial score (nSPS) is 13.8. The van der Waals surface area contributed by atoms with Gasteiger partial charge in [0, 0.05) is 18.0 Å². The Balaban J connectivity index is 1.92. The average molecular weight is 361 g/mol. The first kappa shape index (κ1) is 16.7. The van der Waals surface area contributed by atoms with Crippen molar-refractivity contribution in [3.63, 3.8) is 0 Å². The fourth-order valence-corrected chi connectivity index (χ4v) is 2.69. The van der Waals surface area contributed by atoms with E-state index in [1.54, 1.807) is 12.1 Å². The lowest BCUT2D eigenvalue weighted by Gasteiger charge is -2.13. The molecule has 2 amide bonds. The first-order valence-corrected chi connectivity index (χ1v) is 8.83. The topological polar surface area (TPSA) is 124 Å². The maximum Gasteiger partial charge on any atom is 0.382 e. The lowest BCUT2D eigenvalue weighted by Crippen LogP contribution is -2.33. The molecular formula is C15H11N3O6S. The van der Waals surface area contributed by atoms with E-state index in [1.165, 1.54) is 19.1 Å². The molecule has 9 nitrogen and oxygen atoms in total. The van der Waals surface area contributed by atoms with E-state index in [0.717, 1.165) is 12.5 Å². The van der Waals surface area contributed by atoms with Gasteiger partial charge in [0.1, 0.15) is 0 Å². The van der Waals surface area contributed by atoms with Gasteiger partial charge in [0.15, 0.2) is 5.69 Å². The minimum atomic E-state index is -3.75. The number of hydrogen-bond donors (Lipinski definition) is 0. The molecule has 25 heavy (non-hydrogen) atoms. The fraction of sp³-hybridized carbons (Fsp3) is 0.133. The maximum absolute atomic E-state index is 12.3. The number of fused-ring (bicyclic) bond motifs is 1. The van der Waals surface area contributed by atoms with E-state index >= 15 is 0 Å². The van der Waals surface area contributed by atoms with Gasteiger partial charge in [0.05, 0.1) is 11.1 Å². The molecule has 0 unspecified atom stereocenters. The molecule has 0 fully saturated rings. The standard InChI is InChI=1S/C15H11N3O6S/c1-8-7-16-15(25(2,22)23)17-11(8)14(21)24-18-12(19)9-5-3-4-6-10(9)13(18)20/h3-7H,1-2H3. The SMILES string of the molecule is Cc1cnc(S(C)(=O)=O)nc1C(=O)ON1C(=O)c2ccccc2C1=O. The molecule has 1 aliphatic rings. The first-order valence-electron chi connectivity index (χ1n) is 6.94. The molecule has 0 bridgehead atoms. The molecule has 0 radical (unpaired) electrons. The number of aromatic nitrogens is 2. The van der Waals surface area contributed by atoms with Gasteiger partial charge < -0.3 is 4.84 Å². The second-order valence-corrected chi connectivity index (χ2v) is 7.19. The van der Waals surface area contributed by atoms with Gasteiger partial charge in [-0.05, 0) is 19.1 Å². The summed E-state index contributed by atoms with van der Waals surface area (Å²) in [5.74, 6) is -2.72. The van der Waals surface area contributed by atoms with Gasteiger partial charge in [-0.2, -0.15) is 0 Å². The van der Waals surface area contributed by atoms with Crippen molar-refractivity contribution >= 4 is 27.6 Å². The van der Waals surface area contributed by atoms with Crippen LogP contribution in [0.5, 0.6) is 0 Å². The Labute approximate surface area is 142 Å². The first-order chi connectivity index (χ1) is 11.7. The molecule has 0 N–H and O–H groups in total. The van der Waals surface area contributed by atoms with Crippen LogP contribution in [0.1, 0.15) is 36.8 Å². The molecule has 1 aromatic carbocycles. The van der Waals surface area contributed by atoms with Crippen molar-refractivity contribution in [2.75, 3.05) is 6.26 Å². The van der Waals surface area contributed by atoms with Gasteiger partial charge in [0.25, 0.3) is 11.8 Å². The third kappa shape index (κ3) is 2.87. The van der Waals surface area contributed by atoms with Crippen LogP contribution in [0.25, 0.3) is 0 Å². The van der Waals surface area contributed by atoms with Crippen LogP contribution in [-0.2, 0) is 14.7 Å². The fourth-order valence-electron chi connectivity index (χ4n) is 2.19. The summed E-state index contributed by atoms with van der Waals surface area (Å²) in [4.78, 5) is 48.8. The molecule has 2 heterocycles. The number of hydroxylamine groups is 2. The van der Waals surface area contributed by atoms with Crippen LogP contribution in [0.2, 0.25) is 0 Å². The Morgan fingerprint density at radius 3 is 2.20 bits per heavy atom. The molecule has 1 aliphatic heterocycles. The molecule has 0 atom stereocenters. The summed E-state index contributed by atoms with van der Waals surface area (Å²) in [5.41, 5.74) is 0.0917. The molecule has 0 saturated heterocycles. The Hall–Kier alpha value is -3.14. The molecule has 3 rings (SSSR count). The van der Waals surface area contributed by atoms with Gasteiger partial charge in [-0.3, -0.25) is 9.59 Å². The number of imide groups is 1. The summed E-state index contributed by atoms with van der Waals surface area (Å²) >= 11 is 0. The second-order valence-electron chi connectivity index (χ2n) is 5.29. The van der Waals surface area contributed by atoms with E-state index in [9.17, 15) is 22.8 Å². The number of amides is 2. The van der Waals surface area contributed by atoms with Crippen LogP contribution < -0.4 is 0 Å². The monoisotopic (exact) mass is 361 g/mol. The summed E-state index contributed by atoms with van der Waals surface area (Å²) in [6.45, 7) is 1.46. The second kappa shape index (κ2) is 5.74. The predicted octanol–water partition coefficient (Wildman–Crippen LogP) is 0.557. The zero-order chi connectivity index (χ0) is 18.4. The van der Waals surface area contributed by atoms with Gasteiger partial charge in [0.2, 0.25) is 15.0 Å². The third-order valence-corrected chi connectivity index (χ3v) is 4.27. The van der Waals surface area contributed by atoms with Gasteiger partial charge in [-0.1, -0.05) is 17.2 Å². The molecule has 128 valence electrons. The molecule has 2 aromatic rings. The summed E-state index contributed by atoms with van der Waals surface area (Å²) in [6.07, 6.45) is 2.03. The Morgan fingerprint density at radius 1 is 1.12 bits per heavy atom. The summed E-state index contributed by atoms with van der Waals surface area (Å²) in [7, 11) is -3.75. The smallest absolute Gasteiger partial charge is 0.322 e. The average Bonchev–Trinajstić information content (AvgIpc) is 2.79. The van der Waals surface area contributed by atoms with Crippen molar-refractivity contribution in [2.45, 2.75) is 12.1 Å². The van der Waals surface area contributed by atoms with Crippen molar-refractivity contribution in [2.24, 2.45) is 0 Å². The largest absolute Gasteiger partial charge is 0.382 e. The van der Waals surface area contributed by atoms with Gasteiger partial charge >= 0.3 is 5.97 Å². The van der Waals surface area contributed by atoms with Crippen molar-refractivity contribution in [3.8, 4) is 0 Å². The Morgan fingerprint density at radius 2 is 1.68 bits per heavy atom. The van der Waals surface area contributed by atoms with Crippen LogP contribution in [0, 0.1) is 6.92 Å². The van der Waals surface area contributed by atoms with Crippen LogP contribution in [-0.4, -0.2) is 47.5 Å². The minimum Gasteiger partial charge on any atom is -0.322 e. The molecule has 10 heteroatoms. The summed E-state index contributed by atoms with van der Waals surface area (Å²) < 4.78 is 23.0. The number of carbonyl (C=O) groups excluding carboxylic acids is 3. The van der Waals surface area contributed by atoms with Crippen LogP contribution in [0.4, 0.5) is 0 Å². The Bertz CT molecular complexity index is 996. The van der Waals surface area contributed by atoms with Crippen molar-refractivity contribution in [1.82, 2.24) is 15.0 Å². The van der Waals surface area contributed by atoms with Crippen molar-refractivity contribution in [3.05, 3.63) is 52.8 Å². The molecule has 0 spiro atoms. The summed E-state index contributed by atoms with van der Waals surface area (Å²) in [6, 6.07) is 6.01. The van der Waals surface area contributed by atoms with Crippen LogP contribution in [0.15, 0.2) is 35.6 Å². The quantitative estimate of drug-likeness (QED) is 0.574. The minimum absolute atomic E-state index is 0.108. The summed E-state index contributed by atoms with van der Waals surface area (Å²) in [5, 5.41) is -0.235. The lowest BCUT2D eigenvalue weighted by atomic mass is 10.1. The number of nitrogens with zero attached hydrogens (tertiary/aromatic N) is 3. The molecular weight excluding hydrogens is 350 g/mol. The number of benzene rings is 1. The molecule has 0 saturated carbocycles. The number of rotatable bonds is 3. The van der Waals surface area contributed by atoms with Crippen LogP contribution in [0.3, 0.4) is 0 Å². The van der Waals surface area contributed by atoms with E-state index in [0.29, 0.717) is 5.06 Å². The zero-order valence-corrected chi connectivity index (χ0v) is 13.9. The van der Waals surface area contributed by atoms with Crippen molar-refractivity contribution < 1.29 is 27.6 Å². The Kier molecular flexibility index (Phi) is 3.84. The van der Waals surface area contributed by atoms with Crippen molar-refractivity contribution in [1.29, 1.82) is 0 Å². The number of hydrogen-bond acceptors (Lipinski definition) is 8. The predicted molar refractivity (Wildman–Crippen MR) is 82.2 cm³/mol. The number of aryl methyl sites for hydroxylation is 1. The zero-order valence-electron chi connectivity index (χ0n) is 13.1. The third-order valence-electron chi connectivity index (χ3n) is 3.41. The maximum atomic E-state index is 12.3. The lowest BCUT2D eigenvalue weighted by molar-refractivity contribution is -0.0589. The number of sulfone groups is 1. The van der Waals surface area contributed by atoms with E-state index in [4.69, 9.17) is 4.84 Å². The molecule has 0 aliphatic carbocycles. The number of carbonyl (C=O) groups is 3. The van der Waals surface area contributed by atoms with E-state index in [-0.39, 0.29) is 22.4 Å². The highest BCUT2D eigenvalue weighted by Crippen LogP contribution is 2.23. The van der Waals surface area contributed by atoms with Gasteiger partial charge in [-0.15, -0.1) is 0 Å². The van der Waals surface area contributed by atoms with E-state index in [2.05, 4.69) is 9.97 Å². The highest BCUT2D eigenvalue weighted by Gasteiger charge is 2.39. The van der Waals surface area contributed by atoms with Crippen LogP contribution >= 0.6 is 0 Å². The highest BCUT2D eigenvalue weighted by atomic mass is 32.2.